The van der Waals surface area contributed by atoms with Crippen LogP contribution < -0.4 is 10.2 Å². The summed E-state index contributed by atoms with van der Waals surface area (Å²) < 4.78 is 38.8. The molecule has 0 bridgehead atoms. The van der Waals surface area contributed by atoms with Gasteiger partial charge < -0.3 is 9.22 Å². The summed E-state index contributed by atoms with van der Waals surface area (Å²) >= 11 is 1.57. The topological polar surface area (TPSA) is 80.7 Å². The number of benzene rings is 2. The second-order valence-electron chi connectivity index (χ2n) is 7.46. The molecule has 0 aliphatic carbocycles. The van der Waals surface area contributed by atoms with Crippen LogP contribution in [-0.2, 0) is 10.1 Å². The molecule has 0 radical (unpaired) electrons. The maximum Gasteiger partial charge on any atom is 0.265 e. The summed E-state index contributed by atoms with van der Waals surface area (Å²) in [4.78, 5) is 12.6. The minimum absolute atomic E-state index is 0.0348. The summed E-state index contributed by atoms with van der Waals surface area (Å²) in [5, 5.41) is 1.43. The van der Waals surface area contributed by atoms with Crippen LogP contribution in [0.5, 0.6) is 5.75 Å². The molecular formula is C20H24NO5S2+. The van der Waals surface area contributed by atoms with Crippen LogP contribution in [0, 0.1) is 0 Å². The molecule has 3 rings (SSSR count). The third kappa shape index (κ3) is 5.29. The molecule has 0 aliphatic rings. The Bertz CT molecular complexity index is 1150. The number of hydrogen-bond donors (Lipinski definition) is 1. The third-order valence-corrected chi connectivity index (χ3v) is 6.62. The molecule has 1 N–H and O–H groups in total. The van der Waals surface area contributed by atoms with E-state index in [0.717, 1.165) is 14.8 Å². The molecule has 0 unspecified atom stereocenters. The fourth-order valence-electron chi connectivity index (χ4n) is 3.07. The third-order valence-electron chi connectivity index (χ3n) is 4.68. The smallest absolute Gasteiger partial charge is 0.265 e. The van der Waals surface area contributed by atoms with Crippen LogP contribution in [0.1, 0.15) is 6.42 Å². The molecule has 3 aromatic rings. The van der Waals surface area contributed by atoms with E-state index in [1.165, 1.54) is 0 Å². The molecule has 2 aromatic carbocycles. The summed E-state index contributed by atoms with van der Waals surface area (Å²) in [5.41, 5.74) is 0.0348. The first-order valence-electron chi connectivity index (χ1n) is 9.00. The highest BCUT2D eigenvalue weighted by molar-refractivity contribution is 7.85. The van der Waals surface area contributed by atoms with Crippen LogP contribution >= 0.6 is 11.3 Å². The van der Waals surface area contributed by atoms with Gasteiger partial charge >= 0.3 is 0 Å². The van der Waals surface area contributed by atoms with Crippen molar-refractivity contribution in [1.82, 2.24) is 0 Å². The van der Waals surface area contributed by atoms with Crippen molar-refractivity contribution in [2.24, 2.45) is 0 Å². The molecule has 150 valence electrons. The second-order valence-corrected chi connectivity index (χ2v) is 10.1. The lowest BCUT2D eigenvalue weighted by molar-refractivity contribution is -0.890. The fraction of sp³-hybridized carbons (Fsp3) is 0.350. The van der Waals surface area contributed by atoms with E-state index in [2.05, 4.69) is 0 Å². The lowest BCUT2D eigenvalue weighted by Gasteiger charge is -2.29. The van der Waals surface area contributed by atoms with Gasteiger partial charge in [-0.2, -0.15) is 8.42 Å². The van der Waals surface area contributed by atoms with E-state index in [0.29, 0.717) is 41.7 Å². The average Bonchev–Trinajstić information content (AvgIpc) is 2.60. The molecule has 0 fully saturated rings. The van der Waals surface area contributed by atoms with Gasteiger partial charge in [0, 0.05) is 26.6 Å². The minimum atomic E-state index is -3.92. The maximum atomic E-state index is 12.6. The highest BCUT2D eigenvalue weighted by Crippen LogP contribution is 2.27. The van der Waals surface area contributed by atoms with Gasteiger partial charge in [0.05, 0.1) is 26.4 Å². The largest absolute Gasteiger partial charge is 0.488 e. The van der Waals surface area contributed by atoms with Crippen molar-refractivity contribution in [3.8, 4) is 5.75 Å². The van der Waals surface area contributed by atoms with E-state index in [-0.39, 0.29) is 11.2 Å². The summed E-state index contributed by atoms with van der Waals surface area (Å²) in [6.45, 7) is 1.78. The molecule has 0 saturated carbocycles. The number of likely N-dealkylation sites (N-methyl/N-ethyl adjacent to an activating group) is 1. The molecule has 6 nitrogen and oxygen atoms in total. The zero-order valence-electron chi connectivity index (χ0n) is 15.9. The number of rotatable bonds is 8. The number of hydrogen-bond acceptors (Lipinski definition) is 5. The number of fused-ring (bicyclic) bond motifs is 2. The van der Waals surface area contributed by atoms with Crippen LogP contribution in [0.3, 0.4) is 0 Å². The summed E-state index contributed by atoms with van der Waals surface area (Å²) in [6.07, 6.45) is 0.392. The van der Waals surface area contributed by atoms with Gasteiger partial charge in [0.25, 0.3) is 10.1 Å². The predicted octanol–water partition coefficient (Wildman–Crippen LogP) is 3.15. The van der Waals surface area contributed by atoms with E-state index in [1.807, 2.05) is 56.6 Å². The van der Waals surface area contributed by atoms with Gasteiger partial charge in [0.15, 0.2) is 5.43 Å². The molecule has 28 heavy (non-hydrogen) atoms. The Kier molecular flexibility index (Phi) is 6.04. The first-order valence-corrected chi connectivity index (χ1v) is 11.4. The Balaban J connectivity index is 1.66. The Morgan fingerprint density at radius 2 is 1.75 bits per heavy atom. The van der Waals surface area contributed by atoms with Crippen molar-refractivity contribution >= 4 is 41.6 Å². The highest BCUT2D eigenvalue weighted by atomic mass is 32.2. The summed E-state index contributed by atoms with van der Waals surface area (Å²) in [5.74, 6) is 0.476. The first kappa shape index (κ1) is 20.7. The van der Waals surface area contributed by atoms with Crippen molar-refractivity contribution in [1.29, 1.82) is 0 Å². The van der Waals surface area contributed by atoms with Crippen LogP contribution in [0.25, 0.3) is 20.2 Å². The van der Waals surface area contributed by atoms with Crippen molar-refractivity contribution in [3.63, 3.8) is 0 Å². The highest BCUT2D eigenvalue weighted by Gasteiger charge is 2.17. The van der Waals surface area contributed by atoms with Gasteiger partial charge in [-0.3, -0.25) is 9.35 Å². The Labute approximate surface area is 168 Å². The molecule has 8 heteroatoms. The molecule has 1 aromatic heterocycles. The second kappa shape index (κ2) is 8.16. The van der Waals surface area contributed by atoms with Gasteiger partial charge in [-0.25, -0.2) is 0 Å². The Morgan fingerprint density at radius 3 is 2.50 bits per heavy atom. The molecule has 0 aliphatic heterocycles. The van der Waals surface area contributed by atoms with Crippen LogP contribution in [0.15, 0.2) is 47.3 Å². The SMILES string of the molecule is C[N+](C)(CCCS(=O)(=O)O)CCOc1ccc2c(=O)c3ccccc3sc2c1. The van der Waals surface area contributed by atoms with E-state index < -0.39 is 10.1 Å². The quantitative estimate of drug-likeness (QED) is 0.343. The van der Waals surface area contributed by atoms with E-state index >= 15 is 0 Å². The number of quaternary nitrogens is 1. The van der Waals surface area contributed by atoms with E-state index in [1.54, 1.807) is 11.3 Å². The number of ether oxygens (including phenoxy) is 1. The standard InChI is InChI=1S/C20H23NO5S2/c1-21(2,10-5-13-28(23,24)25)11-12-26-15-8-9-17-19(14-15)27-18-7-4-3-6-16(18)20(17)22/h3-4,6-9,14H,5,10-13H2,1-2H3/p+1. The minimum Gasteiger partial charge on any atom is -0.488 e. The van der Waals surface area contributed by atoms with E-state index in [9.17, 15) is 13.2 Å². The fourth-order valence-corrected chi connectivity index (χ4v) is 4.66. The van der Waals surface area contributed by atoms with Crippen molar-refractivity contribution in [2.75, 3.05) is 39.5 Å². The van der Waals surface area contributed by atoms with Crippen LogP contribution in [-0.4, -0.2) is 57.0 Å². The molecule has 0 spiro atoms. The molecule has 0 saturated heterocycles. The maximum absolute atomic E-state index is 12.6. The summed E-state index contributed by atoms with van der Waals surface area (Å²) in [6, 6.07) is 13.1. The van der Waals surface area contributed by atoms with Gasteiger partial charge in [0.2, 0.25) is 0 Å². The lowest BCUT2D eigenvalue weighted by atomic mass is 10.2. The van der Waals surface area contributed by atoms with Gasteiger partial charge in [-0.1, -0.05) is 12.1 Å². The van der Waals surface area contributed by atoms with Crippen LogP contribution in [0.2, 0.25) is 0 Å². The van der Waals surface area contributed by atoms with Crippen LogP contribution in [0.4, 0.5) is 0 Å². The zero-order chi connectivity index (χ0) is 20.4. The monoisotopic (exact) mass is 422 g/mol. The zero-order valence-corrected chi connectivity index (χ0v) is 17.6. The van der Waals surface area contributed by atoms with Gasteiger partial charge in [-0.15, -0.1) is 11.3 Å². The van der Waals surface area contributed by atoms with Crippen molar-refractivity contribution < 1.29 is 22.2 Å². The average molecular weight is 423 g/mol. The van der Waals surface area contributed by atoms with Crippen molar-refractivity contribution in [2.45, 2.75) is 6.42 Å². The Morgan fingerprint density at radius 1 is 1.04 bits per heavy atom. The number of nitrogens with zero attached hydrogens (tertiary/aromatic N) is 1. The molecule has 1 heterocycles. The van der Waals surface area contributed by atoms with Gasteiger partial charge in [0.1, 0.15) is 18.9 Å². The summed E-state index contributed by atoms with van der Waals surface area (Å²) in [7, 11) is 0.0677. The molecular weight excluding hydrogens is 398 g/mol. The normalized spacial score (nSPS) is 12.5. The predicted molar refractivity (Wildman–Crippen MR) is 114 cm³/mol. The van der Waals surface area contributed by atoms with E-state index in [4.69, 9.17) is 9.29 Å². The molecule has 0 atom stereocenters. The lowest BCUT2D eigenvalue weighted by Crippen LogP contribution is -2.44. The first-order chi connectivity index (χ1) is 13.1. The van der Waals surface area contributed by atoms with Crippen molar-refractivity contribution in [3.05, 3.63) is 52.7 Å². The molecule has 0 amide bonds. The van der Waals surface area contributed by atoms with Gasteiger partial charge in [-0.05, 0) is 30.3 Å². The Hall–Kier alpha value is -2.00.